The van der Waals surface area contributed by atoms with Gasteiger partial charge in [0.2, 0.25) is 6.17 Å². The zero-order valence-corrected chi connectivity index (χ0v) is 5.62. The second kappa shape index (κ2) is 2.53. The molecule has 54 valence electrons. The van der Waals surface area contributed by atoms with Crippen molar-refractivity contribution < 1.29 is 0 Å². The van der Waals surface area contributed by atoms with E-state index in [0.29, 0.717) is 0 Å². The average molecular weight is 147 g/mol. The first-order valence-corrected chi connectivity index (χ1v) is 3.17. The molecule has 0 N–H and O–H groups in total. The third-order valence-corrected chi connectivity index (χ3v) is 1.37. The smallest absolute Gasteiger partial charge is 0.210 e. The summed E-state index contributed by atoms with van der Waals surface area (Å²) in [4.78, 5) is 3.87. The average Bonchev–Trinajstić information content (AvgIpc) is 2.58. The van der Waals surface area contributed by atoms with Gasteiger partial charge in [-0.1, -0.05) is 0 Å². The van der Waals surface area contributed by atoms with Gasteiger partial charge in [0.05, 0.1) is 0 Å². The van der Waals surface area contributed by atoms with Crippen LogP contribution in [0.2, 0.25) is 0 Å². The Bertz CT molecular complexity index is 279. The largest absolute Gasteiger partial charge is 0.265 e. The van der Waals surface area contributed by atoms with Crippen LogP contribution < -0.4 is 0 Å². The van der Waals surface area contributed by atoms with Gasteiger partial charge < -0.3 is 0 Å². The summed E-state index contributed by atoms with van der Waals surface area (Å²) in [7, 11) is 0. The van der Waals surface area contributed by atoms with Crippen molar-refractivity contribution in [3.63, 3.8) is 0 Å². The van der Waals surface area contributed by atoms with E-state index in [-0.39, 0.29) is 6.17 Å². The Kier molecular flexibility index (Phi) is 1.40. The van der Waals surface area contributed by atoms with Crippen LogP contribution in [-0.4, -0.2) is 4.98 Å². The van der Waals surface area contributed by atoms with Gasteiger partial charge in [0.15, 0.2) is 0 Å². The molecule has 0 aromatic carbocycles. The van der Waals surface area contributed by atoms with E-state index in [2.05, 4.69) is 25.7 Å². The molecule has 5 heteroatoms. The minimum Gasteiger partial charge on any atom is -0.265 e. The predicted octanol–water partition coefficient (Wildman–Crippen LogP) is 1.91. The highest BCUT2D eigenvalue weighted by Gasteiger charge is 2.10. The molecule has 0 saturated heterocycles. The summed E-state index contributed by atoms with van der Waals surface area (Å²) in [6.45, 7) is 0. The number of aromatic nitrogens is 1. The van der Waals surface area contributed by atoms with Crippen LogP contribution in [0.3, 0.4) is 0 Å². The zero-order valence-electron chi connectivity index (χ0n) is 5.62. The first-order valence-electron chi connectivity index (χ1n) is 3.17. The van der Waals surface area contributed by atoms with Crippen molar-refractivity contribution in [1.82, 2.24) is 4.98 Å². The molecule has 5 nitrogen and oxygen atoms in total. The van der Waals surface area contributed by atoms with Crippen molar-refractivity contribution in [1.29, 1.82) is 0 Å². The van der Waals surface area contributed by atoms with Crippen molar-refractivity contribution in [3.8, 4) is 0 Å². The van der Waals surface area contributed by atoms with Gasteiger partial charge in [-0.3, -0.25) is 4.98 Å². The van der Waals surface area contributed by atoms with Crippen LogP contribution in [0.1, 0.15) is 11.7 Å². The second-order valence-corrected chi connectivity index (χ2v) is 2.06. The second-order valence-electron chi connectivity index (χ2n) is 2.06. The fourth-order valence-electron chi connectivity index (χ4n) is 0.836. The Morgan fingerprint density at radius 1 is 1.00 bits per heavy atom. The Labute approximate surface area is 62.9 Å². The molecule has 1 aliphatic heterocycles. The van der Waals surface area contributed by atoms with Crippen LogP contribution >= 0.6 is 0 Å². The first kappa shape index (κ1) is 6.09. The SMILES string of the molecule is c1cc(C2N=NN=N2)ccn1. The summed E-state index contributed by atoms with van der Waals surface area (Å²) >= 11 is 0. The van der Waals surface area contributed by atoms with Crippen molar-refractivity contribution in [2.75, 3.05) is 0 Å². The summed E-state index contributed by atoms with van der Waals surface area (Å²) in [5.41, 5.74) is 0.963. The molecule has 0 saturated carbocycles. The zero-order chi connectivity index (χ0) is 7.52. The van der Waals surface area contributed by atoms with E-state index in [1.807, 2.05) is 12.1 Å². The topological polar surface area (TPSA) is 62.3 Å². The summed E-state index contributed by atoms with van der Waals surface area (Å²) < 4.78 is 0. The quantitative estimate of drug-likeness (QED) is 0.598. The van der Waals surface area contributed by atoms with E-state index >= 15 is 0 Å². The molecule has 0 unspecified atom stereocenters. The first-order chi connectivity index (χ1) is 5.47. The van der Waals surface area contributed by atoms with E-state index in [4.69, 9.17) is 0 Å². The van der Waals surface area contributed by atoms with Crippen LogP contribution in [-0.2, 0) is 0 Å². The van der Waals surface area contributed by atoms with E-state index in [1.165, 1.54) is 0 Å². The Morgan fingerprint density at radius 3 is 2.27 bits per heavy atom. The number of pyridine rings is 1. The maximum Gasteiger partial charge on any atom is 0.210 e. The van der Waals surface area contributed by atoms with Gasteiger partial charge in [-0.15, -0.1) is 10.2 Å². The van der Waals surface area contributed by atoms with E-state index in [1.54, 1.807) is 12.4 Å². The molecule has 0 spiro atoms. The molecular weight excluding hydrogens is 142 g/mol. The summed E-state index contributed by atoms with van der Waals surface area (Å²) in [6, 6.07) is 3.68. The summed E-state index contributed by atoms with van der Waals surface area (Å²) in [6.07, 6.45) is 3.13. The third-order valence-electron chi connectivity index (χ3n) is 1.37. The van der Waals surface area contributed by atoms with Gasteiger partial charge in [-0.2, -0.15) is 0 Å². The number of rotatable bonds is 1. The van der Waals surface area contributed by atoms with Crippen molar-refractivity contribution >= 4 is 0 Å². The van der Waals surface area contributed by atoms with Gasteiger partial charge in [-0.25, -0.2) is 0 Å². The van der Waals surface area contributed by atoms with Gasteiger partial charge >= 0.3 is 0 Å². The van der Waals surface area contributed by atoms with Crippen LogP contribution in [0.15, 0.2) is 45.2 Å². The van der Waals surface area contributed by atoms with Gasteiger partial charge in [-0.05, 0) is 22.6 Å². The normalized spacial score (nSPS) is 16.0. The molecule has 1 aliphatic rings. The molecule has 0 amide bonds. The molecular formula is C6H5N5. The molecule has 1 aromatic rings. The minimum atomic E-state index is -0.252. The molecule has 0 fully saturated rings. The van der Waals surface area contributed by atoms with Crippen molar-refractivity contribution in [2.24, 2.45) is 20.7 Å². The van der Waals surface area contributed by atoms with Crippen LogP contribution in [0.5, 0.6) is 0 Å². The van der Waals surface area contributed by atoms with Crippen LogP contribution in [0.4, 0.5) is 0 Å². The van der Waals surface area contributed by atoms with Crippen LogP contribution in [0.25, 0.3) is 0 Å². The molecule has 0 bridgehead atoms. The standard InChI is InChI=1S/C6H5N5/c1-3-7-4-2-5(1)6-8-10-11-9-6/h1-4,6H. The summed E-state index contributed by atoms with van der Waals surface area (Å²) in [5.74, 6) is 0. The summed E-state index contributed by atoms with van der Waals surface area (Å²) in [5, 5.41) is 14.3. The molecule has 1 aromatic heterocycles. The lowest BCUT2D eigenvalue weighted by molar-refractivity contribution is 0.763. The highest BCUT2D eigenvalue weighted by Crippen LogP contribution is 2.22. The number of hydrogen-bond donors (Lipinski definition) is 0. The Hall–Kier alpha value is -1.65. The fourth-order valence-corrected chi connectivity index (χ4v) is 0.836. The molecule has 11 heavy (non-hydrogen) atoms. The van der Waals surface area contributed by atoms with Gasteiger partial charge in [0.25, 0.3) is 0 Å². The highest BCUT2D eigenvalue weighted by atomic mass is 15.6. The minimum absolute atomic E-state index is 0.252. The fraction of sp³-hybridized carbons (Fsp3) is 0.167. The third kappa shape index (κ3) is 1.12. The van der Waals surface area contributed by atoms with Crippen molar-refractivity contribution in [2.45, 2.75) is 6.17 Å². The van der Waals surface area contributed by atoms with Gasteiger partial charge in [0, 0.05) is 18.0 Å². The maximum atomic E-state index is 3.87. The number of nitrogens with zero attached hydrogens (tertiary/aromatic N) is 5. The molecule has 0 atom stereocenters. The lowest BCUT2D eigenvalue weighted by atomic mass is 10.2. The molecule has 2 rings (SSSR count). The number of hydrogen-bond acceptors (Lipinski definition) is 5. The molecule has 0 aliphatic carbocycles. The Morgan fingerprint density at radius 2 is 1.64 bits per heavy atom. The van der Waals surface area contributed by atoms with Crippen LogP contribution in [0, 0.1) is 0 Å². The van der Waals surface area contributed by atoms with Crippen molar-refractivity contribution in [3.05, 3.63) is 30.1 Å². The monoisotopic (exact) mass is 147 g/mol. The lowest BCUT2D eigenvalue weighted by Crippen LogP contribution is -1.86. The molecule has 2 heterocycles. The Balaban J connectivity index is 2.30. The van der Waals surface area contributed by atoms with E-state index < -0.39 is 0 Å². The van der Waals surface area contributed by atoms with E-state index in [0.717, 1.165) is 5.56 Å². The highest BCUT2D eigenvalue weighted by molar-refractivity contribution is 5.14. The maximum absolute atomic E-state index is 3.87. The predicted molar refractivity (Wildman–Crippen MR) is 36.7 cm³/mol. The van der Waals surface area contributed by atoms with Gasteiger partial charge in [0.1, 0.15) is 0 Å². The molecule has 0 radical (unpaired) electrons. The lowest BCUT2D eigenvalue weighted by Gasteiger charge is -1.97. The van der Waals surface area contributed by atoms with E-state index in [9.17, 15) is 0 Å².